The minimum absolute atomic E-state index is 0.0957. The molecule has 2 fully saturated rings. The van der Waals surface area contributed by atoms with Gasteiger partial charge in [-0.15, -0.1) is 0 Å². The molecule has 3 rings (SSSR count). The maximum Gasteiger partial charge on any atom is 0.240 e. The molecule has 25 heavy (non-hydrogen) atoms. The van der Waals surface area contributed by atoms with Crippen molar-refractivity contribution in [1.29, 1.82) is 0 Å². The molecule has 1 saturated carbocycles. The fourth-order valence-corrected chi connectivity index (χ4v) is 5.65. The van der Waals surface area contributed by atoms with Gasteiger partial charge in [-0.1, -0.05) is 36.9 Å². The third-order valence-electron chi connectivity index (χ3n) is 5.56. The largest absolute Gasteiger partial charge is 0.379 e. The van der Waals surface area contributed by atoms with E-state index in [4.69, 9.17) is 16.3 Å². The van der Waals surface area contributed by atoms with E-state index in [0.717, 1.165) is 52.0 Å². The van der Waals surface area contributed by atoms with E-state index in [0.29, 0.717) is 17.1 Å². The zero-order valence-corrected chi connectivity index (χ0v) is 16.3. The minimum Gasteiger partial charge on any atom is -0.379 e. The fraction of sp³-hybridized carbons (Fsp3) is 0.667. The second kappa shape index (κ2) is 7.92. The SMILES string of the molecule is Cc1c(Cl)cccc1S(=O)(=O)NCC1(N2CCOCC2)CCCCC1. The third-order valence-corrected chi connectivity index (χ3v) is 7.52. The van der Waals surface area contributed by atoms with Crippen LogP contribution in [0, 0.1) is 6.92 Å². The number of nitrogens with one attached hydrogen (secondary N) is 1. The summed E-state index contributed by atoms with van der Waals surface area (Å²) in [4.78, 5) is 2.70. The van der Waals surface area contributed by atoms with Gasteiger partial charge in [-0.3, -0.25) is 4.90 Å². The predicted molar refractivity (Wildman–Crippen MR) is 99.6 cm³/mol. The van der Waals surface area contributed by atoms with Crippen LogP contribution in [-0.4, -0.2) is 51.7 Å². The van der Waals surface area contributed by atoms with Crippen molar-refractivity contribution >= 4 is 21.6 Å². The Morgan fingerprint density at radius 1 is 1.20 bits per heavy atom. The van der Waals surface area contributed by atoms with E-state index in [-0.39, 0.29) is 10.4 Å². The van der Waals surface area contributed by atoms with Gasteiger partial charge in [-0.2, -0.15) is 0 Å². The highest BCUT2D eigenvalue weighted by molar-refractivity contribution is 7.89. The highest BCUT2D eigenvalue weighted by atomic mass is 35.5. The van der Waals surface area contributed by atoms with Crippen molar-refractivity contribution in [3.63, 3.8) is 0 Å². The Bertz CT molecular complexity index is 696. The number of hydrogen-bond acceptors (Lipinski definition) is 4. The molecule has 2 aliphatic rings. The number of benzene rings is 1. The van der Waals surface area contributed by atoms with Gasteiger partial charge in [0.15, 0.2) is 0 Å². The van der Waals surface area contributed by atoms with Crippen LogP contribution in [0.15, 0.2) is 23.1 Å². The number of morpholine rings is 1. The summed E-state index contributed by atoms with van der Waals surface area (Å²) in [6, 6.07) is 5.01. The Labute approximate surface area is 155 Å². The van der Waals surface area contributed by atoms with Crippen molar-refractivity contribution in [2.45, 2.75) is 49.5 Å². The van der Waals surface area contributed by atoms with Gasteiger partial charge in [0.05, 0.1) is 18.1 Å². The van der Waals surface area contributed by atoms with E-state index >= 15 is 0 Å². The molecule has 1 heterocycles. The molecule has 1 aromatic carbocycles. The summed E-state index contributed by atoms with van der Waals surface area (Å²) in [6.07, 6.45) is 5.59. The molecular weight excluding hydrogens is 360 g/mol. The molecule has 140 valence electrons. The molecule has 0 unspecified atom stereocenters. The van der Waals surface area contributed by atoms with Crippen molar-refractivity contribution < 1.29 is 13.2 Å². The molecule has 1 aliphatic carbocycles. The lowest BCUT2D eigenvalue weighted by Crippen LogP contribution is -2.59. The average molecular weight is 387 g/mol. The highest BCUT2D eigenvalue weighted by Crippen LogP contribution is 2.34. The summed E-state index contributed by atoms with van der Waals surface area (Å²) < 4.78 is 34.1. The Kier molecular flexibility index (Phi) is 6.06. The van der Waals surface area contributed by atoms with Crippen LogP contribution in [0.4, 0.5) is 0 Å². The average Bonchev–Trinajstić information content (AvgIpc) is 2.64. The predicted octanol–water partition coefficient (Wildman–Crippen LogP) is 2.96. The topological polar surface area (TPSA) is 58.6 Å². The molecule has 1 N–H and O–H groups in total. The van der Waals surface area contributed by atoms with Crippen LogP contribution in [-0.2, 0) is 14.8 Å². The molecule has 0 aromatic heterocycles. The molecule has 7 heteroatoms. The van der Waals surface area contributed by atoms with Gasteiger partial charge in [0, 0.05) is 30.2 Å². The monoisotopic (exact) mass is 386 g/mol. The zero-order valence-electron chi connectivity index (χ0n) is 14.8. The van der Waals surface area contributed by atoms with E-state index < -0.39 is 10.0 Å². The molecule has 5 nitrogen and oxygen atoms in total. The third kappa shape index (κ3) is 4.19. The lowest BCUT2D eigenvalue weighted by atomic mass is 9.80. The summed E-state index contributed by atoms with van der Waals surface area (Å²) in [6.45, 7) is 5.39. The van der Waals surface area contributed by atoms with Gasteiger partial charge in [-0.25, -0.2) is 13.1 Å². The van der Waals surface area contributed by atoms with E-state index in [1.165, 1.54) is 6.42 Å². The van der Waals surface area contributed by atoms with Crippen LogP contribution >= 0.6 is 11.6 Å². The van der Waals surface area contributed by atoms with E-state index in [1.807, 2.05) is 0 Å². The summed E-state index contributed by atoms with van der Waals surface area (Å²) >= 11 is 6.10. The standard InChI is InChI=1S/C18H27ClN2O3S/c1-15-16(19)6-5-7-17(15)25(22,23)20-14-18(8-3-2-4-9-18)21-10-12-24-13-11-21/h5-7,20H,2-4,8-14H2,1H3. The Hall–Kier alpha value is -0.660. The van der Waals surface area contributed by atoms with Gasteiger partial charge < -0.3 is 4.74 Å². The molecule has 1 aliphatic heterocycles. The van der Waals surface area contributed by atoms with Crippen molar-refractivity contribution in [2.24, 2.45) is 0 Å². The second-order valence-electron chi connectivity index (χ2n) is 7.07. The number of rotatable bonds is 5. The molecule has 0 radical (unpaired) electrons. The van der Waals surface area contributed by atoms with Crippen LogP contribution < -0.4 is 4.72 Å². The maximum absolute atomic E-state index is 12.9. The van der Waals surface area contributed by atoms with Gasteiger partial charge in [0.2, 0.25) is 10.0 Å². The first-order chi connectivity index (χ1) is 11.9. The van der Waals surface area contributed by atoms with E-state index in [9.17, 15) is 8.42 Å². The van der Waals surface area contributed by atoms with E-state index in [2.05, 4.69) is 9.62 Å². The number of sulfonamides is 1. The smallest absolute Gasteiger partial charge is 0.240 e. The van der Waals surface area contributed by atoms with Crippen LogP contribution in [0.3, 0.4) is 0 Å². The Morgan fingerprint density at radius 2 is 1.88 bits per heavy atom. The number of halogens is 1. The van der Waals surface area contributed by atoms with Crippen LogP contribution in [0.2, 0.25) is 5.02 Å². The van der Waals surface area contributed by atoms with E-state index in [1.54, 1.807) is 25.1 Å². The molecule has 0 amide bonds. The zero-order chi connectivity index (χ0) is 17.9. The van der Waals surface area contributed by atoms with Gasteiger partial charge in [-0.05, 0) is 37.5 Å². The summed E-state index contributed by atoms with van der Waals surface area (Å²) in [5.41, 5.74) is 0.502. The van der Waals surface area contributed by atoms with Crippen LogP contribution in [0.25, 0.3) is 0 Å². The molecular formula is C18H27ClN2O3S. The normalized spacial score (nSPS) is 22.0. The molecule has 1 aromatic rings. The number of ether oxygens (including phenoxy) is 1. The Balaban J connectivity index is 1.79. The van der Waals surface area contributed by atoms with Gasteiger partial charge >= 0.3 is 0 Å². The van der Waals surface area contributed by atoms with Crippen LogP contribution in [0.1, 0.15) is 37.7 Å². The molecule has 0 atom stereocenters. The minimum atomic E-state index is -3.58. The van der Waals surface area contributed by atoms with Crippen LogP contribution in [0.5, 0.6) is 0 Å². The van der Waals surface area contributed by atoms with Crippen molar-refractivity contribution in [3.05, 3.63) is 28.8 Å². The first-order valence-corrected chi connectivity index (χ1v) is 10.9. The summed E-state index contributed by atoms with van der Waals surface area (Å²) in [7, 11) is -3.58. The highest BCUT2D eigenvalue weighted by Gasteiger charge is 2.39. The lowest BCUT2D eigenvalue weighted by molar-refractivity contribution is -0.0348. The van der Waals surface area contributed by atoms with Gasteiger partial charge in [0.25, 0.3) is 0 Å². The maximum atomic E-state index is 12.9. The van der Waals surface area contributed by atoms with Gasteiger partial charge in [0.1, 0.15) is 0 Å². The van der Waals surface area contributed by atoms with Crippen molar-refractivity contribution in [1.82, 2.24) is 9.62 Å². The quantitative estimate of drug-likeness (QED) is 0.845. The molecule has 0 spiro atoms. The second-order valence-corrected chi connectivity index (χ2v) is 9.21. The lowest BCUT2D eigenvalue weighted by Gasteiger charge is -2.48. The first kappa shape index (κ1) is 19.1. The number of nitrogens with zero attached hydrogens (tertiary/aromatic N) is 1. The van der Waals surface area contributed by atoms with Crippen molar-refractivity contribution in [3.8, 4) is 0 Å². The summed E-state index contributed by atoms with van der Waals surface area (Å²) in [5, 5.41) is 0.475. The molecule has 1 saturated heterocycles. The Morgan fingerprint density at radius 3 is 2.56 bits per heavy atom. The first-order valence-electron chi connectivity index (χ1n) is 9.02. The molecule has 0 bridgehead atoms. The number of hydrogen-bond donors (Lipinski definition) is 1. The van der Waals surface area contributed by atoms with Crippen molar-refractivity contribution in [2.75, 3.05) is 32.8 Å². The summed E-state index contributed by atoms with van der Waals surface area (Å²) in [5.74, 6) is 0. The fourth-order valence-electron chi connectivity index (χ4n) is 4.04.